The van der Waals surface area contributed by atoms with Crippen molar-refractivity contribution >= 4 is 22.9 Å². The van der Waals surface area contributed by atoms with Gasteiger partial charge in [0, 0.05) is 23.3 Å². The first-order valence-corrected chi connectivity index (χ1v) is 6.56. The molecule has 0 aliphatic rings. The van der Waals surface area contributed by atoms with E-state index in [0.717, 1.165) is 22.2 Å². The molecule has 0 bridgehead atoms. The Labute approximate surface area is 121 Å². The number of hydroxylamine groups is 1. The van der Waals surface area contributed by atoms with E-state index in [1.165, 1.54) is 6.08 Å². The Kier molecular flexibility index (Phi) is 3.53. The number of nitrogens with zero attached hydrogens (tertiary/aromatic N) is 1. The Balaban J connectivity index is 1.98. The smallest absolute Gasteiger partial charge is 0.267 e. The highest BCUT2D eigenvalue weighted by molar-refractivity contribution is 5.92. The number of fused-ring (bicyclic) bond motifs is 1. The van der Waals surface area contributed by atoms with Crippen LogP contribution in [-0.4, -0.2) is 15.7 Å². The van der Waals surface area contributed by atoms with Gasteiger partial charge >= 0.3 is 0 Å². The van der Waals surface area contributed by atoms with Gasteiger partial charge in [0.2, 0.25) is 0 Å². The van der Waals surface area contributed by atoms with Gasteiger partial charge in [-0.2, -0.15) is 0 Å². The Morgan fingerprint density at radius 3 is 2.67 bits per heavy atom. The van der Waals surface area contributed by atoms with Crippen LogP contribution in [0.2, 0.25) is 0 Å². The SMILES string of the molecule is O=C(/C=C/c1ccc2c(ccn2-c2ccccc2)c1)NO. The molecule has 21 heavy (non-hydrogen) atoms. The molecule has 0 saturated carbocycles. The number of aromatic nitrogens is 1. The molecule has 2 N–H and O–H groups in total. The average molecular weight is 278 g/mol. The highest BCUT2D eigenvalue weighted by atomic mass is 16.5. The quantitative estimate of drug-likeness (QED) is 0.439. The number of benzene rings is 2. The third kappa shape index (κ3) is 2.70. The highest BCUT2D eigenvalue weighted by Gasteiger charge is 2.03. The zero-order valence-electron chi connectivity index (χ0n) is 11.2. The van der Waals surface area contributed by atoms with Gasteiger partial charge in [0.15, 0.2) is 0 Å². The maximum Gasteiger partial charge on any atom is 0.267 e. The number of para-hydroxylation sites is 1. The van der Waals surface area contributed by atoms with E-state index in [-0.39, 0.29) is 0 Å². The molecule has 0 unspecified atom stereocenters. The van der Waals surface area contributed by atoms with Gasteiger partial charge < -0.3 is 4.57 Å². The Morgan fingerprint density at radius 1 is 1.10 bits per heavy atom. The summed E-state index contributed by atoms with van der Waals surface area (Å²) in [6.45, 7) is 0. The van der Waals surface area contributed by atoms with E-state index in [2.05, 4.69) is 16.7 Å². The van der Waals surface area contributed by atoms with Crippen molar-refractivity contribution in [2.75, 3.05) is 0 Å². The van der Waals surface area contributed by atoms with Gasteiger partial charge in [-0.15, -0.1) is 0 Å². The van der Waals surface area contributed by atoms with Crippen LogP contribution >= 0.6 is 0 Å². The summed E-state index contributed by atoms with van der Waals surface area (Å²) in [7, 11) is 0. The maximum absolute atomic E-state index is 11.0. The molecule has 0 aliphatic heterocycles. The van der Waals surface area contributed by atoms with E-state index in [0.29, 0.717) is 0 Å². The summed E-state index contributed by atoms with van der Waals surface area (Å²) < 4.78 is 2.11. The van der Waals surface area contributed by atoms with Crippen LogP contribution in [0.25, 0.3) is 22.7 Å². The van der Waals surface area contributed by atoms with E-state index in [4.69, 9.17) is 5.21 Å². The van der Waals surface area contributed by atoms with Gasteiger partial charge in [0.1, 0.15) is 0 Å². The van der Waals surface area contributed by atoms with Crippen molar-refractivity contribution in [1.29, 1.82) is 0 Å². The van der Waals surface area contributed by atoms with Crippen LogP contribution < -0.4 is 5.48 Å². The lowest BCUT2D eigenvalue weighted by atomic mass is 10.1. The van der Waals surface area contributed by atoms with Crippen LogP contribution in [0.15, 0.2) is 66.9 Å². The number of hydrogen-bond acceptors (Lipinski definition) is 2. The Bertz CT molecular complexity index is 804. The van der Waals surface area contributed by atoms with E-state index in [9.17, 15) is 4.79 Å². The van der Waals surface area contributed by atoms with Gasteiger partial charge in [-0.25, -0.2) is 5.48 Å². The lowest BCUT2D eigenvalue weighted by Gasteiger charge is -2.05. The minimum atomic E-state index is -0.544. The molecule has 4 nitrogen and oxygen atoms in total. The maximum atomic E-state index is 11.0. The van der Waals surface area contributed by atoms with Gasteiger partial charge in [0.05, 0.1) is 5.52 Å². The first-order valence-electron chi connectivity index (χ1n) is 6.56. The van der Waals surface area contributed by atoms with Gasteiger partial charge in [0.25, 0.3) is 5.91 Å². The molecule has 0 fully saturated rings. The van der Waals surface area contributed by atoms with E-state index < -0.39 is 5.91 Å². The normalized spacial score (nSPS) is 11.1. The molecule has 0 spiro atoms. The first-order chi connectivity index (χ1) is 10.3. The fourth-order valence-electron chi connectivity index (χ4n) is 2.29. The van der Waals surface area contributed by atoms with Crippen LogP contribution in [0.1, 0.15) is 5.56 Å². The van der Waals surface area contributed by atoms with Crippen molar-refractivity contribution in [3.8, 4) is 5.69 Å². The Hall–Kier alpha value is -2.85. The topological polar surface area (TPSA) is 54.3 Å². The molecular formula is C17H14N2O2. The standard InChI is InChI=1S/C17H14N2O2/c20-17(18-21)9-7-13-6-8-16-14(12-13)10-11-19(16)15-4-2-1-3-5-15/h1-12,21H,(H,18,20)/b9-7+. The largest absolute Gasteiger partial charge is 0.317 e. The van der Waals surface area contributed by atoms with Crippen molar-refractivity contribution in [2.24, 2.45) is 0 Å². The number of carbonyl (C=O) groups is 1. The van der Waals surface area contributed by atoms with Crippen molar-refractivity contribution in [1.82, 2.24) is 10.0 Å². The van der Waals surface area contributed by atoms with Crippen LogP contribution in [0.4, 0.5) is 0 Å². The summed E-state index contributed by atoms with van der Waals surface area (Å²) in [6, 6.07) is 18.1. The predicted molar refractivity (Wildman–Crippen MR) is 82.2 cm³/mol. The lowest BCUT2D eigenvalue weighted by Crippen LogP contribution is -2.14. The average Bonchev–Trinajstić information content (AvgIpc) is 2.96. The molecule has 3 aromatic rings. The molecule has 0 atom stereocenters. The van der Waals surface area contributed by atoms with Crippen molar-refractivity contribution < 1.29 is 10.0 Å². The fraction of sp³-hybridized carbons (Fsp3) is 0. The second-order valence-electron chi connectivity index (χ2n) is 4.65. The summed E-state index contributed by atoms with van der Waals surface area (Å²) in [6.07, 6.45) is 4.97. The molecule has 0 radical (unpaired) electrons. The Morgan fingerprint density at radius 2 is 1.90 bits per heavy atom. The van der Waals surface area contributed by atoms with Gasteiger partial charge in [-0.3, -0.25) is 10.0 Å². The van der Waals surface area contributed by atoms with E-state index in [1.807, 2.05) is 48.7 Å². The van der Waals surface area contributed by atoms with Crippen LogP contribution in [0.3, 0.4) is 0 Å². The van der Waals surface area contributed by atoms with E-state index in [1.54, 1.807) is 11.6 Å². The van der Waals surface area contributed by atoms with Gasteiger partial charge in [-0.1, -0.05) is 24.3 Å². The second-order valence-corrected chi connectivity index (χ2v) is 4.65. The fourth-order valence-corrected chi connectivity index (χ4v) is 2.29. The minimum Gasteiger partial charge on any atom is -0.317 e. The lowest BCUT2D eigenvalue weighted by molar-refractivity contribution is -0.124. The molecule has 1 amide bonds. The molecule has 2 aromatic carbocycles. The summed E-state index contributed by atoms with van der Waals surface area (Å²) >= 11 is 0. The highest BCUT2D eigenvalue weighted by Crippen LogP contribution is 2.22. The molecular weight excluding hydrogens is 264 g/mol. The summed E-state index contributed by atoms with van der Waals surface area (Å²) in [5.41, 5.74) is 4.68. The number of nitrogens with one attached hydrogen (secondary N) is 1. The monoisotopic (exact) mass is 278 g/mol. The van der Waals surface area contributed by atoms with Crippen LogP contribution in [0, 0.1) is 0 Å². The zero-order valence-corrected chi connectivity index (χ0v) is 11.2. The second kappa shape index (κ2) is 5.64. The number of carbonyl (C=O) groups excluding carboxylic acids is 1. The number of amides is 1. The molecule has 104 valence electrons. The summed E-state index contributed by atoms with van der Waals surface area (Å²) in [4.78, 5) is 11.0. The zero-order chi connectivity index (χ0) is 14.7. The first kappa shape index (κ1) is 13.1. The molecule has 1 aromatic heterocycles. The van der Waals surface area contributed by atoms with Crippen molar-refractivity contribution in [3.63, 3.8) is 0 Å². The summed E-state index contributed by atoms with van der Waals surface area (Å²) in [5, 5.41) is 9.55. The third-order valence-corrected chi connectivity index (χ3v) is 3.29. The summed E-state index contributed by atoms with van der Waals surface area (Å²) in [5.74, 6) is -0.544. The van der Waals surface area contributed by atoms with Crippen LogP contribution in [-0.2, 0) is 4.79 Å². The minimum absolute atomic E-state index is 0.544. The van der Waals surface area contributed by atoms with E-state index >= 15 is 0 Å². The number of hydrogen-bond donors (Lipinski definition) is 2. The van der Waals surface area contributed by atoms with Crippen molar-refractivity contribution in [3.05, 3.63) is 72.4 Å². The molecule has 3 rings (SSSR count). The molecule has 0 saturated heterocycles. The van der Waals surface area contributed by atoms with Gasteiger partial charge in [-0.05, 0) is 42.0 Å². The molecule has 4 heteroatoms. The van der Waals surface area contributed by atoms with Crippen molar-refractivity contribution in [2.45, 2.75) is 0 Å². The van der Waals surface area contributed by atoms with Crippen LogP contribution in [0.5, 0.6) is 0 Å². The molecule has 1 heterocycles. The number of rotatable bonds is 3. The third-order valence-electron chi connectivity index (χ3n) is 3.29. The molecule has 0 aliphatic carbocycles. The predicted octanol–water partition coefficient (Wildman–Crippen LogP) is 3.15.